The van der Waals surface area contributed by atoms with Crippen LogP contribution in [0.1, 0.15) is 30.4 Å². The molecule has 2 N–H and O–H groups in total. The molecule has 0 aliphatic carbocycles. The van der Waals surface area contributed by atoms with Gasteiger partial charge >= 0.3 is 0 Å². The van der Waals surface area contributed by atoms with E-state index in [2.05, 4.69) is 16.7 Å². The fraction of sp³-hybridized carbons (Fsp3) is 0.417. The van der Waals surface area contributed by atoms with Gasteiger partial charge in [0.25, 0.3) is 0 Å². The Labute approximate surface area is 178 Å². The first-order chi connectivity index (χ1) is 14.5. The lowest BCUT2D eigenvalue weighted by atomic mass is 9.83. The molecule has 2 amide bonds. The fourth-order valence-corrected chi connectivity index (χ4v) is 4.39. The topological polar surface area (TPSA) is 64.7 Å². The van der Waals surface area contributed by atoms with Crippen LogP contribution in [0.15, 0.2) is 54.6 Å². The molecule has 0 unspecified atom stereocenters. The van der Waals surface area contributed by atoms with Crippen LogP contribution in [0.3, 0.4) is 0 Å². The number of fused-ring (bicyclic) bond motifs is 1. The number of piperidine rings is 1. The van der Waals surface area contributed by atoms with Gasteiger partial charge in [0.2, 0.25) is 11.8 Å². The van der Waals surface area contributed by atoms with Gasteiger partial charge in [0.15, 0.2) is 0 Å². The summed E-state index contributed by atoms with van der Waals surface area (Å²) >= 11 is 0. The highest BCUT2D eigenvalue weighted by Crippen LogP contribution is 2.33. The van der Waals surface area contributed by atoms with Crippen molar-refractivity contribution in [1.82, 2.24) is 15.1 Å². The van der Waals surface area contributed by atoms with Crippen LogP contribution < -0.4 is 10.6 Å². The minimum Gasteiger partial charge on any atom is -0.379 e. The van der Waals surface area contributed by atoms with E-state index < -0.39 is 0 Å². The maximum Gasteiger partial charge on any atom is 0.242 e. The van der Waals surface area contributed by atoms with E-state index in [9.17, 15) is 9.59 Å². The highest BCUT2D eigenvalue weighted by Gasteiger charge is 2.38. The van der Waals surface area contributed by atoms with Crippen LogP contribution in [0.2, 0.25) is 0 Å². The lowest BCUT2D eigenvalue weighted by molar-refractivity contribution is -0.141. The molecule has 0 bridgehead atoms. The molecule has 0 atom stereocenters. The van der Waals surface area contributed by atoms with Crippen LogP contribution in [0.5, 0.6) is 0 Å². The molecule has 1 fully saturated rings. The Hall–Kier alpha value is -2.86. The van der Waals surface area contributed by atoms with Gasteiger partial charge < -0.3 is 20.4 Å². The SMILES string of the molecule is CN(Cc1ccccc1)C(=O)CN1Cc2ccccc2NC2(CCNCC2)CC1=O. The van der Waals surface area contributed by atoms with Crippen molar-refractivity contribution in [1.29, 1.82) is 0 Å². The Morgan fingerprint density at radius 3 is 2.53 bits per heavy atom. The first-order valence-corrected chi connectivity index (χ1v) is 10.7. The van der Waals surface area contributed by atoms with E-state index in [1.807, 2.05) is 48.5 Å². The van der Waals surface area contributed by atoms with Crippen LogP contribution in [0, 0.1) is 0 Å². The van der Waals surface area contributed by atoms with Crippen LogP contribution in [-0.4, -0.2) is 53.8 Å². The third-order valence-corrected chi connectivity index (χ3v) is 6.20. The molecule has 4 rings (SSSR count). The number of hydrogen-bond acceptors (Lipinski definition) is 4. The van der Waals surface area contributed by atoms with E-state index in [0.29, 0.717) is 19.5 Å². The summed E-state index contributed by atoms with van der Waals surface area (Å²) in [7, 11) is 1.80. The summed E-state index contributed by atoms with van der Waals surface area (Å²) in [6.07, 6.45) is 2.20. The van der Waals surface area contributed by atoms with Gasteiger partial charge in [0.1, 0.15) is 6.54 Å². The molecule has 0 saturated carbocycles. The summed E-state index contributed by atoms with van der Waals surface area (Å²) in [5, 5.41) is 7.08. The predicted octanol–water partition coefficient (Wildman–Crippen LogP) is 2.61. The standard InChI is InChI=1S/C24H30N4O2/c1-27(16-19-7-3-2-4-8-19)23(30)18-28-17-20-9-5-6-10-21(20)26-24(15-22(28)29)11-13-25-14-12-24/h2-10,25-26H,11-18H2,1H3. The number of para-hydroxylation sites is 1. The van der Waals surface area contributed by atoms with E-state index in [4.69, 9.17) is 0 Å². The number of hydrogen-bond donors (Lipinski definition) is 2. The molecular formula is C24H30N4O2. The average Bonchev–Trinajstić information content (AvgIpc) is 2.75. The van der Waals surface area contributed by atoms with E-state index >= 15 is 0 Å². The van der Waals surface area contributed by atoms with Gasteiger partial charge in [0, 0.05) is 37.8 Å². The van der Waals surface area contributed by atoms with E-state index in [0.717, 1.165) is 42.7 Å². The summed E-state index contributed by atoms with van der Waals surface area (Å²) in [5.41, 5.74) is 2.95. The Morgan fingerprint density at radius 1 is 1.07 bits per heavy atom. The lowest BCUT2D eigenvalue weighted by Crippen LogP contribution is -2.53. The van der Waals surface area contributed by atoms with Gasteiger partial charge in [-0.1, -0.05) is 48.5 Å². The zero-order valence-electron chi connectivity index (χ0n) is 17.6. The second-order valence-electron chi connectivity index (χ2n) is 8.47. The molecule has 0 aromatic heterocycles. The fourth-order valence-electron chi connectivity index (χ4n) is 4.39. The second kappa shape index (κ2) is 8.88. The molecule has 2 aliphatic heterocycles. The maximum absolute atomic E-state index is 13.3. The molecule has 2 heterocycles. The molecule has 1 spiro atoms. The molecule has 2 aliphatic rings. The van der Waals surface area contributed by atoms with Crippen molar-refractivity contribution in [3.63, 3.8) is 0 Å². The Kier molecular flexibility index (Phi) is 6.04. The Balaban J connectivity index is 1.52. The minimum atomic E-state index is -0.254. The van der Waals surface area contributed by atoms with Crippen molar-refractivity contribution >= 4 is 17.5 Å². The number of likely N-dealkylation sites (N-methyl/N-ethyl adjacent to an activating group) is 1. The summed E-state index contributed by atoms with van der Waals surface area (Å²) in [6, 6.07) is 18.1. The molecule has 30 heavy (non-hydrogen) atoms. The zero-order chi connectivity index (χ0) is 21.0. The molecule has 6 heteroatoms. The smallest absolute Gasteiger partial charge is 0.242 e. The second-order valence-corrected chi connectivity index (χ2v) is 8.47. The number of anilines is 1. The Morgan fingerprint density at radius 2 is 1.77 bits per heavy atom. The molecule has 0 radical (unpaired) electrons. The highest BCUT2D eigenvalue weighted by molar-refractivity contribution is 5.86. The number of rotatable bonds is 4. The van der Waals surface area contributed by atoms with Gasteiger partial charge in [-0.2, -0.15) is 0 Å². The van der Waals surface area contributed by atoms with Gasteiger partial charge in [-0.25, -0.2) is 0 Å². The minimum absolute atomic E-state index is 0.0420. The zero-order valence-corrected chi connectivity index (χ0v) is 17.6. The third kappa shape index (κ3) is 4.65. The van der Waals surface area contributed by atoms with Gasteiger partial charge in [-0.15, -0.1) is 0 Å². The van der Waals surface area contributed by atoms with Crippen LogP contribution in [0.25, 0.3) is 0 Å². The number of benzene rings is 2. The maximum atomic E-state index is 13.3. The lowest BCUT2D eigenvalue weighted by Gasteiger charge is -2.42. The van der Waals surface area contributed by atoms with E-state index in [1.165, 1.54) is 0 Å². The monoisotopic (exact) mass is 406 g/mol. The molecule has 2 aromatic rings. The molecule has 1 saturated heterocycles. The summed E-state index contributed by atoms with van der Waals surface area (Å²) in [6.45, 7) is 2.86. The summed E-state index contributed by atoms with van der Waals surface area (Å²) in [4.78, 5) is 29.6. The van der Waals surface area contributed by atoms with E-state index in [1.54, 1.807) is 16.8 Å². The van der Waals surface area contributed by atoms with Crippen molar-refractivity contribution in [3.8, 4) is 0 Å². The van der Waals surface area contributed by atoms with Crippen molar-refractivity contribution < 1.29 is 9.59 Å². The molecule has 6 nitrogen and oxygen atoms in total. The van der Waals surface area contributed by atoms with Crippen LogP contribution in [-0.2, 0) is 22.7 Å². The predicted molar refractivity (Wildman–Crippen MR) is 118 cm³/mol. The number of nitrogens with zero attached hydrogens (tertiary/aromatic N) is 2. The van der Waals surface area contributed by atoms with Crippen LogP contribution in [0.4, 0.5) is 5.69 Å². The van der Waals surface area contributed by atoms with Gasteiger partial charge in [-0.05, 0) is 43.1 Å². The van der Waals surface area contributed by atoms with Gasteiger partial charge in [0.05, 0.1) is 0 Å². The summed E-state index contributed by atoms with van der Waals surface area (Å²) < 4.78 is 0. The quantitative estimate of drug-likeness (QED) is 0.819. The molecule has 2 aromatic carbocycles. The third-order valence-electron chi connectivity index (χ3n) is 6.20. The van der Waals surface area contributed by atoms with Crippen LogP contribution >= 0.6 is 0 Å². The molecule has 158 valence electrons. The normalized spacial score (nSPS) is 18.2. The first-order valence-electron chi connectivity index (χ1n) is 10.7. The van der Waals surface area contributed by atoms with E-state index in [-0.39, 0.29) is 23.9 Å². The number of nitrogens with one attached hydrogen (secondary N) is 2. The number of amides is 2. The highest BCUT2D eigenvalue weighted by atomic mass is 16.2. The van der Waals surface area contributed by atoms with Crippen molar-refractivity contribution in [3.05, 3.63) is 65.7 Å². The molecular weight excluding hydrogens is 376 g/mol. The Bertz CT molecular complexity index is 893. The summed E-state index contributed by atoms with van der Waals surface area (Å²) in [5.74, 6) is -0.00191. The number of carbonyl (C=O) groups is 2. The average molecular weight is 407 g/mol. The van der Waals surface area contributed by atoms with Crippen molar-refractivity contribution in [2.45, 2.75) is 37.9 Å². The number of carbonyl (C=O) groups excluding carboxylic acids is 2. The van der Waals surface area contributed by atoms with Gasteiger partial charge in [-0.3, -0.25) is 9.59 Å². The first kappa shape index (κ1) is 20.4. The van der Waals surface area contributed by atoms with Crippen molar-refractivity contribution in [2.75, 3.05) is 32.0 Å². The largest absolute Gasteiger partial charge is 0.379 e. The van der Waals surface area contributed by atoms with Crippen molar-refractivity contribution in [2.24, 2.45) is 0 Å².